The Hall–Kier alpha value is -0.970. The fraction of sp³-hybridized carbons (Fsp3) is 1.00. The van der Waals surface area contributed by atoms with Gasteiger partial charge in [0, 0.05) is 24.2 Å². The Bertz CT molecular complexity index is 138. The van der Waals surface area contributed by atoms with E-state index < -0.39 is 11.3 Å². The summed E-state index contributed by atoms with van der Waals surface area (Å²) in [5.74, 6) is 0. The predicted octanol–water partition coefficient (Wildman–Crippen LogP) is -0.534. The van der Waals surface area contributed by atoms with Gasteiger partial charge in [0.15, 0.2) is 0 Å². The van der Waals surface area contributed by atoms with Crippen LogP contribution < -0.4 is 4.72 Å². The minimum Gasteiger partial charge on any atom is -0.760 e. The molecule has 0 spiro atoms. The van der Waals surface area contributed by atoms with Crippen molar-refractivity contribution in [1.82, 2.24) is 4.72 Å². The van der Waals surface area contributed by atoms with Crippen LogP contribution in [0.3, 0.4) is 0 Å². The summed E-state index contributed by atoms with van der Waals surface area (Å²) < 4.78 is 23.2. The van der Waals surface area contributed by atoms with Crippen molar-refractivity contribution in [3.05, 3.63) is 0 Å². The molecular weight excluding hydrogens is 431 g/mol. The van der Waals surface area contributed by atoms with Gasteiger partial charge in [0.05, 0.1) is 27.7 Å². The van der Waals surface area contributed by atoms with Crippen LogP contribution in [0.1, 0.15) is 6.42 Å². The first kappa shape index (κ1) is 13.6. The van der Waals surface area contributed by atoms with Crippen molar-refractivity contribution in [2.24, 2.45) is 0 Å². The quantitative estimate of drug-likeness (QED) is 0.350. The molecule has 0 fully saturated rings. The normalized spacial score (nSPS) is 13.7. The van der Waals surface area contributed by atoms with Crippen molar-refractivity contribution < 1.29 is 13.2 Å². The van der Waals surface area contributed by atoms with Crippen LogP contribution in [0.4, 0.5) is 0 Å². The summed E-state index contributed by atoms with van der Waals surface area (Å²) in [4.78, 5) is 0. The molecule has 1 atom stereocenters. The summed E-state index contributed by atoms with van der Waals surface area (Å²) >= 11 is -2.10. The average Bonchev–Trinajstić information content (AvgIpc) is 1.78. The van der Waals surface area contributed by atoms with Crippen LogP contribution in [-0.4, -0.2) is 47.5 Å². The van der Waals surface area contributed by atoms with Crippen molar-refractivity contribution in [2.75, 3.05) is 34.2 Å². The van der Waals surface area contributed by atoms with E-state index in [0.29, 0.717) is 6.54 Å². The van der Waals surface area contributed by atoms with E-state index in [0.717, 1.165) is 17.4 Å². The molecule has 6 heteroatoms. The van der Waals surface area contributed by atoms with Crippen LogP contribution in [0.25, 0.3) is 0 Å². The van der Waals surface area contributed by atoms with Crippen LogP contribution in [-0.2, 0) is 11.3 Å². The van der Waals surface area contributed by atoms with Crippen molar-refractivity contribution in [3.8, 4) is 0 Å². The first-order valence-electron chi connectivity index (χ1n) is 3.55. The first-order chi connectivity index (χ1) is 4.92. The third kappa shape index (κ3) is 11.8. The van der Waals surface area contributed by atoms with E-state index in [-0.39, 0.29) is 0 Å². The van der Waals surface area contributed by atoms with Crippen molar-refractivity contribution >= 4 is 11.3 Å². The third-order valence-electron chi connectivity index (χ3n) is 1.23. The van der Waals surface area contributed by atoms with Crippen LogP contribution in [0.5, 0.6) is 0 Å². The minimum absolute atomic E-state index is 0. The van der Waals surface area contributed by atoms with Crippen molar-refractivity contribution in [2.45, 2.75) is 6.42 Å². The van der Waals surface area contributed by atoms with Gasteiger partial charge in [-0.25, -0.2) is 4.72 Å². The number of rotatable bonds is 5. The molecule has 0 aromatic carbocycles. The minimum atomic E-state index is -2.10. The van der Waals surface area contributed by atoms with Crippen molar-refractivity contribution in [3.63, 3.8) is 0 Å². The molecule has 1 N–H and O–H groups in total. The molecule has 0 aliphatic rings. The molecule has 0 rings (SSSR count). The molecule has 4 nitrogen and oxygen atoms in total. The molecule has 0 amide bonds. The second-order valence-corrected chi connectivity index (χ2v) is 4.25. The van der Waals surface area contributed by atoms with Gasteiger partial charge in [0.2, 0.25) is 0 Å². The van der Waals surface area contributed by atoms with Gasteiger partial charge in [0.1, 0.15) is 0 Å². The second kappa shape index (κ2) is 5.65. The number of quaternary nitrogens is 1. The topological polar surface area (TPSA) is 52.2 Å². The standard InChI is InChI=1S/C6H16N2O2S.Rf/c1-8(2,3)6-4-5-7-11(9)10;/h7H,4-6H2,1-3H3;. The fourth-order valence-corrected chi connectivity index (χ4v) is 1.02. The summed E-state index contributed by atoms with van der Waals surface area (Å²) in [5, 5.41) is 0. The Morgan fingerprint density at radius 1 is 1.42 bits per heavy atom. The molecule has 0 bridgehead atoms. The number of nitrogens with one attached hydrogen (secondary N) is 1. The molecule has 0 heterocycles. The maximum absolute atomic E-state index is 10.0. The SMILES string of the molecule is C[N+](C)(C)CCCNS(=O)[O-].[Rf]. The molecule has 0 aromatic heterocycles. The van der Waals surface area contributed by atoms with Gasteiger partial charge < -0.3 is 9.04 Å². The Kier molecular flexibility index (Phi) is 6.41. The van der Waals surface area contributed by atoms with E-state index in [4.69, 9.17) is 0 Å². The van der Waals surface area contributed by atoms with Gasteiger partial charge >= 0.3 is 0 Å². The molecular formula is C6H16N2O2RfS. The molecule has 0 saturated heterocycles. The van der Waals surface area contributed by atoms with Crippen LogP contribution in [0, 0.1) is 0 Å². The van der Waals surface area contributed by atoms with E-state index in [9.17, 15) is 8.76 Å². The first-order valence-corrected chi connectivity index (χ1v) is 4.62. The fourth-order valence-electron chi connectivity index (χ4n) is 0.709. The zero-order valence-electron chi connectivity index (χ0n) is 8.00. The Morgan fingerprint density at radius 2 is 1.92 bits per heavy atom. The van der Waals surface area contributed by atoms with E-state index >= 15 is 0 Å². The van der Waals surface area contributed by atoms with Gasteiger partial charge in [0.25, 0.3) is 0 Å². The Morgan fingerprint density at radius 3 is 2.25 bits per heavy atom. The molecule has 0 aliphatic carbocycles. The van der Waals surface area contributed by atoms with Gasteiger partial charge in [-0.1, -0.05) is 0 Å². The summed E-state index contributed by atoms with van der Waals surface area (Å²) in [7, 11) is 6.23. The zero-order chi connectivity index (χ0) is 8.91. The monoisotopic (exact) mass is 447 g/mol. The third-order valence-corrected chi connectivity index (χ3v) is 1.67. The largest absolute Gasteiger partial charge is 0.760 e. The van der Waals surface area contributed by atoms with E-state index in [1.54, 1.807) is 0 Å². The van der Waals surface area contributed by atoms with Crippen molar-refractivity contribution in [1.29, 1.82) is 0 Å². The van der Waals surface area contributed by atoms with Crippen LogP contribution >= 0.6 is 0 Å². The maximum atomic E-state index is 10.0. The van der Waals surface area contributed by atoms with E-state index in [1.165, 1.54) is 0 Å². The van der Waals surface area contributed by atoms with Gasteiger partial charge in [-0.05, 0) is 0 Å². The molecule has 0 aromatic rings. The summed E-state index contributed by atoms with van der Waals surface area (Å²) in [6.07, 6.45) is 0.872. The summed E-state index contributed by atoms with van der Waals surface area (Å²) in [6.45, 7) is 1.51. The zero-order valence-corrected chi connectivity index (χ0v) is 15.2. The Balaban J connectivity index is 0. The van der Waals surface area contributed by atoms with Gasteiger partial charge in [-0.15, -0.1) is 0 Å². The van der Waals surface area contributed by atoms with Crippen LogP contribution in [0.15, 0.2) is 0 Å². The summed E-state index contributed by atoms with van der Waals surface area (Å²) in [5.41, 5.74) is 0. The molecule has 12 heavy (non-hydrogen) atoms. The maximum Gasteiger partial charge on any atom is 0.0793 e. The predicted molar refractivity (Wildman–Crippen MR) is 44.4 cm³/mol. The number of hydrogen-bond acceptors (Lipinski definition) is 2. The molecule has 0 saturated carbocycles. The molecule has 0 aliphatic heterocycles. The smallest absolute Gasteiger partial charge is 0.0793 e. The number of nitrogens with zero attached hydrogens (tertiary/aromatic N) is 1. The van der Waals surface area contributed by atoms with Gasteiger partial charge in [-0.2, -0.15) is 0 Å². The summed E-state index contributed by atoms with van der Waals surface area (Å²) in [6, 6.07) is 0. The van der Waals surface area contributed by atoms with Gasteiger partial charge in [-0.3, -0.25) is 4.21 Å². The van der Waals surface area contributed by atoms with E-state index in [2.05, 4.69) is 25.9 Å². The molecule has 0 radical (unpaired) electrons. The second-order valence-electron chi connectivity index (χ2n) is 3.50. The molecule has 70 valence electrons. The Labute approximate surface area is 70.6 Å². The average molecular weight is 447 g/mol. The van der Waals surface area contributed by atoms with E-state index in [1.807, 2.05) is 0 Å². The van der Waals surface area contributed by atoms with Crippen LogP contribution in [0.2, 0.25) is 0 Å². The molecule has 1 unspecified atom stereocenters. The number of hydrogen-bond donors (Lipinski definition) is 1.